The molecule has 1 unspecified atom stereocenters. The van der Waals surface area contributed by atoms with E-state index in [4.69, 9.17) is 11.6 Å². The van der Waals surface area contributed by atoms with E-state index >= 15 is 0 Å². The van der Waals surface area contributed by atoms with Gasteiger partial charge in [0.1, 0.15) is 0 Å². The van der Waals surface area contributed by atoms with E-state index in [9.17, 15) is 0 Å². The van der Waals surface area contributed by atoms with Gasteiger partial charge in [-0.2, -0.15) is 0 Å². The van der Waals surface area contributed by atoms with E-state index < -0.39 is 0 Å². The largest absolute Gasteiger partial charge is 0.350 e. The average molecular weight is 317 g/mol. The number of nitrogens with zero attached hydrogens (tertiary/aromatic N) is 2. The molecule has 0 fully saturated rings. The molecule has 0 spiro atoms. The summed E-state index contributed by atoms with van der Waals surface area (Å²) in [5, 5.41) is 0.823. The Morgan fingerprint density at radius 3 is 2.82 bits per heavy atom. The highest BCUT2D eigenvalue weighted by molar-refractivity contribution is 6.30. The number of rotatable bonds is 4. The summed E-state index contributed by atoms with van der Waals surface area (Å²) < 4.78 is 2.40. The van der Waals surface area contributed by atoms with Gasteiger partial charge in [0.25, 0.3) is 0 Å². The molecule has 2 aromatic rings. The lowest BCUT2D eigenvalue weighted by atomic mass is 10.0. The Kier molecular flexibility index (Phi) is 4.90. The summed E-state index contributed by atoms with van der Waals surface area (Å²) in [5.74, 6) is 0.732. The lowest BCUT2D eigenvalue weighted by Gasteiger charge is -2.31. The summed E-state index contributed by atoms with van der Waals surface area (Å²) in [4.78, 5) is 2.63. The molecular weight excluding hydrogens is 292 g/mol. The Balaban J connectivity index is 1.97. The van der Waals surface area contributed by atoms with Crippen molar-refractivity contribution in [3.05, 3.63) is 58.9 Å². The first-order valence-corrected chi connectivity index (χ1v) is 8.67. The summed E-state index contributed by atoms with van der Waals surface area (Å²) in [5.41, 5.74) is 2.70. The SMILES string of the molecule is CC(C)CCN1CCCn2cccc2C1c1cccc(Cl)c1. The van der Waals surface area contributed by atoms with E-state index in [0.29, 0.717) is 6.04 Å². The minimum atomic E-state index is 0.315. The van der Waals surface area contributed by atoms with Gasteiger partial charge in [-0.1, -0.05) is 37.6 Å². The maximum atomic E-state index is 6.26. The van der Waals surface area contributed by atoms with Gasteiger partial charge in [0.05, 0.1) is 6.04 Å². The standard InChI is InChI=1S/C19H25ClN2/c1-15(2)9-13-22-12-5-11-21-10-4-8-18(21)19(22)16-6-3-7-17(20)14-16/h3-4,6-8,10,14-15,19H,5,9,11-13H2,1-2H3. The molecular formula is C19H25ClN2. The van der Waals surface area contributed by atoms with Crippen LogP contribution in [0.2, 0.25) is 5.02 Å². The smallest absolute Gasteiger partial charge is 0.0756 e. The van der Waals surface area contributed by atoms with Gasteiger partial charge in [0.2, 0.25) is 0 Å². The van der Waals surface area contributed by atoms with Crippen molar-refractivity contribution in [2.75, 3.05) is 13.1 Å². The van der Waals surface area contributed by atoms with Crippen molar-refractivity contribution in [3.63, 3.8) is 0 Å². The van der Waals surface area contributed by atoms with Gasteiger partial charge in [-0.25, -0.2) is 0 Å². The Labute approximate surface area is 138 Å². The van der Waals surface area contributed by atoms with Crippen LogP contribution in [0.1, 0.15) is 44.0 Å². The number of fused-ring (bicyclic) bond motifs is 1. The zero-order chi connectivity index (χ0) is 15.5. The van der Waals surface area contributed by atoms with Crippen LogP contribution >= 0.6 is 11.6 Å². The number of hydrogen-bond donors (Lipinski definition) is 0. The lowest BCUT2D eigenvalue weighted by molar-refractivity contribution is 0.216. The molecule has 22 heavy (non-hydrogen) atoms. The van der Waals surface area contributed by atoms with Crippen LogP contribution in [-0.4, -0.2) is 22.6 Å². The molecule has 1 aliphatic heterocycles. The van der Waals surface area contributed by atoms with Crippen LogP contribution in [-0.2, 0) is 6.54 Å². The predicted octanol–water partition coefficient (Wildman–Crippen LogP) is 4.98. The van der Waals surface area contributed by atoms with Crippen molar-refractivity contribution >= 4 is 11.6 Å². The van der Waals surface area contributed by atoms with Crippen LogP contribution in [0, 0.1) is 5.92 Å². The van der Waals surface area contributed by atoms with E-state index in [1.54, 1.807) is 0 Å². The van der Waals surface area contributed by atoms with Crippen LogP contribution in [0.4, 0.5) is 0 Å². The molecule has 1 atom stereocenters. The number of hydrogen-bond acceptors (Lipinski definition) is 1. The molecule has 2 nitrogen and oxygen atoms in total. The van der Waals surface area contributed by atoms with Crippen molar-refractivity contribution in [1.29, 1.82) is 0 Å². The van der Waals surface area contributed by atoms with Gasteiger partial charge < -0.3 is 4.57 Å². The van der Waals surface area contributed by atoms with Crippen LogP contribution in [0.5, 0.6) is 0 Å². The molecule has 2 heterocycles. The van der Waals surface area contributed by atoms with Gasteiger partial charge in [0.15, 0.2) is 0 Å². The summed E-state index contributed by atoms with van der Waals surface area (Å²) in [6.07, 6.45) is 4.65. The molecule has 0 radical (unpaired) electrons. The molecule has 3 heteroatoms. The molecule has 0 amide bonds. The van der Waals surface area contributed by atoms with Crippen molar-refractivity contribution in [2.24, 2.45) is 5.92 Å². The Hall–Kier alpha value is -1.25. The van der Waals surface area contributed by atoms with Gasteiger partial charge in [-0.3, -0.25) is 4.90 Å². The lowest BCUT2D eigenvalue weighted by Crippen LogP contribution is -2.31. The van der Waals surface area contributed by atoms with E-state index in [0.717, 1.165) is 30.6 Å². The van der Waals surface area contributed by atoms with Gasteiger partial charge >= 0.3 is 0 Å². The van der Waals surface area contributed by atoms with E-state index in [-0.39, 0.29) is 0 Å². The maximum Gasteiger partial charge on any atom is 0.0756 e. The van der Waals surface area contributed by atoms with Crippen LogP contribution in [0.3, 0.4) is 0 Å². The molecule has 1 aromatic carbocycles. The Bertz CT molecular complexity index is 617. The second kappa shape index (κ2) is 6.89. The summed E-state index contributed by atoms with van der Waals surface area (Å²) in [6.45, 7) is 7.99. The summed E-state index contributed by atoms with van der Waals surface area (Å²) in [7, 11) is 0. The van der Waals surface area contributed by atoms with Crippen molar-refractivity contribution in [2.45, 2.75) is 39.3 Å². The highest BCUT2D eigenvalue weighted by Crippen LogP contribution is 2.33. The van der Waals surface area contributed by atoms with E-state index in [2.05, 4.69) is 59.8 Å². The third kappa shape index (κ3) is 3.39. The topological polar surface area (TPSA) is 8.17 Å². The highest BCUT2D eigenvalue weighted by atomic mass is 35.5. The second-order valence-electron chi connectivity index (χ2n) is 6.66. The molecule has 118 valence electrons. The van der Waals surface area contributed by atoms with Crippen molar-refractivity contribution in [1.82, 2.24) is 9.47 Å². The van der Waals surface area contributed by atoms with Gasteiger partial charge in [-0.05, 0) is 55.1 Å². The van der Waals surface area contributed by atoms with Crippen molar-refractivity contribution in [3.8, 4) is 0 Å². The number of aromatic nitrogens is 1. The second-order valence-corrected chi connectivity index (χ2v) is 7.09. The van der Waals surface area contributed by atoms with Gasteiger partial charge in [0, 0.05) is 30.0 Å². The Morgan fingerprint density at radius 2 is 2.05 bits per heavy atom. The quantitative estimate of drug-likeness (QED) is 0.772. The molecule has 1 aliphatic rings. The fourth-order valence-electron chi connectivity index (χ4n) is 3.36. The van der Waals surface area contributed by atoms with Crippen LogP contribution < -0.4 is 0 Å². The highest BCUT2D eigenvalue weighted by Gasteiger charge is 2.27. The molecule has 1 aromatic heterocycles. The first-order valence-electron chi connectivity index (χ1n) is 8.29. The minimum absolute atomic E-state index is 0.315. The van der Waals surface area contributed by atoms with Crippen LogP contribution in [0.25, 0.3) is 0 Å². The maximum absolute atomic E-state index is 6.26. The summed E-state index contributed by atoms with van der Waals surface area (Å²) in [6, 6.07) is 13.1. The van der Waals surface area contributed by atoms with Crippen molar-refractivity contribution < 1.29 is 0 Å². The Morgan fingerprint density at radius 1 is 1.18 bits per heavy atom. The molecule has 0 saturated carbocycles. The third-order valence-corrected chi connectivity index (χ3v) is 4.75. The normalized spacial score (nSPS) is 19.2. The molecule has 0 saturated heterocycles. The zero-order valence-electron chi connectivity index (χ0n) is 13.5. The zero-order valence-corrected chi connectivity index (χ0v) is 14.3. The molecule has 0 N–H and O–H groups in total. The molecule has 0 aliphatic carbocycles. The minimum Gasteiger partial charge on any atom is -0.350 e. The van der Waals surface area contributed by atoms with E-state index in [1.165, 1.54) is 24.1 Å². The molecule has 0 bridgehead atoms. The number of benzene rings is 1. The third-order valence-electron chi connectivity index (χ3n) is 4.51. The predicted molar refractivity (Wildman–Crippen MR) is 93.4 cm³/mol. The van der Waals surface area contributed by atoms with E-state index in [1.807, 2.05) is 6.07 Å². The number of halogens is 1. The molecule has 3 rings (SSSR count). The van der Waals surface area contributed by atoms with Gasteiger partial charge in [-0.15, -0.1) is 0 Å². The monoisotopic (exact) mass is 316 g/mol. The average Bonchev–Trinajstić information content (AvgIpc) is 2.86. The fourth-order valence-corrected chi connectivity index (χ4v) is 3.56. The number of aryl methyl sites for hydroxylation is 1. The fraction of sp³-hybridized carbons (Fsp3) is 0.474. The first-order chi connectivity index (χ1) is 10.6. The first kappa shape index (κ1) is 15.6. The van der Waals surface area contributed by atoms with Crippen LogP contribution in [0.15, 0.2) is 42.6 Å². The summed E-state index contributed by atoms with van der Waals surface area (Å²) >= 11 is 6.26.